The van der Waals surface area contributed by atoms with Gasteiger partial charge in [0.1, 0.15) is 5.75 Å². The number of carbonyl (C=O) groups is 2. The van der Waals surface area contributed by atoms with Gasteiger partial charge in [0.15, 0.2) is 0 Å². The first kappa shape index (κ1) is 46.5. The van der Waals surface area contributed by atoms with Crippen molar-refractivity contribution in [3.8, 4) is 62.6 Å². The molecule has 0 spiro atoms. The van der Waals surface area contributed by atoms with Crippen molar-refractivity contribution in [3.63, 3.8) is 0 Å². The molecule has 0 amide bonds. The number of aromatic nitrogens is 8. The van der Waals surface area contributed by atoms with Crippen LogP contribution in [0.3, 0.4) is 0 Å². The second-order valence-electron chi connectivity index (χ2n) is 14.9. The molecule has 0 saturated heterocycles. The van der Waals surface area contributed by atoms with Gasteiger partial charge in [0, 0.05) is 59.0 Å². The van der Waals surface area contributed by atoms with Crippen LogP contribution in [-0.4, -0.2) is 68.4 Å². The van der Waals surface area contributed by atoms with E-state index in [-0.39, 0.29) is 52.4 Å². The van der Waals surface area contributed by atoms with Crippen molar-refractivity contribution in [3.05, 3.63) is 126 Å². The molecule has 0 aliphatic heterocycles. The second-order valence-corrected chi connectivity index (χ2v) is 15.3. The van der Waals surface area contributed by atoms with Crippen LogP contribution >= 0.6 is 11.6 Å². The maximum Gasteiger partial charge on any atom is 0.573 e. The Balaban J connectivity index is 0.000000185. The number of aryl methyl sites for hydroxylation is 2. The number of rotatable bonds is 14. The summed E-state index contributed by atoms with van der Waals surface area (Å²) in [7, 11) is 0. The summed E-state index contributed by atoms with van der Waals surface area (Å²) in [4.78, 5) is 30.2. The van der Waals surface area contributed by atoms with Gasteiger partial charge in [0.25, 0.3) is 11.8 Å². The summed E-state index contributed by atoms with van der Waals surface area (Å²) in [5, 5.41) is 35.5. The first-order chi connectivity index (χ1) is 32.5. The van der Waals surface area contributed by atoms with Gasteiger partial charge >= 0.3 is 24.5 Å². The molecule has 68 heavy (non-hydrogen) atoms. The minimum atomic E-state index is -4.86. The van der Waals surface area contributed by atoms with Crippen molar-refractivity contribution < 1.29 is 59.9 Å². The minimum absolute atomic E-state index is 0.0260. The maximum absolute atomic E-state index is 13.9. The first-order valence-corrected chi connectivity index (χ1v) is 20.7. The zero-order chi connectivity index (χ0) is 48.2. The molecule has 4 aromatic heterocycles. The van der Waals surface area contributed by atoms with Crippen molar-refractivity contribution in [2.75, 3.05) is 0 Å². The highest BCUT2D eigenvalue weighted by molar-refractivity contribution is 6.32. The maximum atomic E-state index is 13.9. The average molecular weight is 959 g/mol. The number of aliphatic carboxylic acids is 2. The molecule has 0 fully saturated rings. The zero-order valence-corrected chi connectivity index (χ0v) is 35.6. The first-order valence-electron chi connectivity index (χ1n) is 20.4. The predicted molar refractivity (Wildman–Crippen MR) is 233 cm³/mol. The van der Waals surface area contributed by atoms with Gasteiger partial charge in [-0.2, -0.15) is 33.3 Å². The normalized spacial score (nSPS) is 11.8. The van der Waals surface area contributed by atoms with Crippen LogP contribution in [0.1, 0.15) is 31.2 Å². The molecule has 9 aromatic rings. The number of fused-ring (bicyclic) bond motifs is 2. The number of carboxylic acid groups (broad SMARTS) is 2. The van der Waals surface area contributed by atoms with Crippen molar-refractivity contribution in [2.45, 2.75) is 51.3 Å². The largest absolute Gasteiger partial charge is 0.573 e. The molecule has 0 atom stereocenters. The van der Waals surface area contributed by atoms with Crippen molar-refractivity contribution in [1.82, 2.24) is 39.8 Å². The molecule has 0 radical (unpaired) electrons. The average Bonchev–Trinajstić information content (AvgIpc) is 4.14. The summed E-state index contributed by atoms with van der Waals surface area (Å²) in [5.41, 5.74) is 2.95. The Hall–Kier alpha value is -8.07. The van der Waals surface area contributed by atoms with Gasteiger partial charge in [-0.15, -0.1) is 13.2 Å². The van der Waals surface area contributed by atoms with Gasteiger partial charge < -0.3 is 24.0 Å². The fourth-order valence-electron chi connectivity index (χ4n) is 7.24. The number of alkyl halides is 6. The highest BCUT2D eigenvalue weighted by Gasteiger charge is 2.35. The van der Waals surface area contributed by atoms with E-state index in [0.29, 0.717) is 48.2 Å². The molecule has 15 nitrogen and oxygen atoms in total. The second kappa shape index (κ2) is 19.4. The number of hydrogen-bond donors (Lipinski definition) is 2. The Labute approximate surface area is 384 Å². The number of nitrogens with zero attached hydrogens (tertiary/aromatic N) is 8. The molecule has 348 valence electrons. The Morgan fingerprint density at radius 2 is 1.13 bits per heavy atom. The van der Waals surface area contributed by atoms with E-state index < -0.39 is 35.8 Å². The van der Waals surface area contributed by atoms with Crippen LogP contribution < -0.4 is 4.74 Å². The van der Waals surface area contributed by atoms with Crippen LogP contribution in [0.25, 0.3) is 78.6 Å². The Morgan fingerprint density at radius 1 is 0.618 bits per heavy atom. The van der Waals surface area contributed by atoms with E-state index in [2.05, 4.69) is 35.2 Å². The van der Waals surface area contributed by atoms with Crippen molar-refractivity contribution >= 4 is 45.3 Å². The number of ether oxygens (including phenoxy) is 1. The van der Waals surface area contributed by atoms with E-state index in [9.17, 15) is 35.9 Å². The van der Waals surface area contributed by atoms with Crippen molar-refractivity contribution in [2.24, 2.45) is 0 Å². The minimum Gasteiger partial charge on any atom is -0.481 e. The van der Waals surface area contributed by atoms with Gasteiger partial charge in [0.2, 0.25) is 11.6 Å². The fraction of sp³-hybridized carbons (Fsp3) is 0.174. The van der Waals surface area contributed by atoms with Crippen LogP contribution in [0, 0.1) is 0 Å². The number of benzene rings is 5. The van der Waals surface area contributed by atoms with Gasteiger partial charge in [-0.3, -0.25) is 19.0 Å². The van der Waals surface area contributed by atoms with E-state index in [1.807, 2.05) is 12.1 Å². The molecule has 2 N–H and O–H groups in total. The Morgan fingerprint density at radius 3 is 1.62 bits per heavy atom. The highest BCUT2D eigenvalue weighted by Crippen LogP contribution is 2.40. The van der Waals surface area contributed by atoms with Crippen LogP contribution in [0.4, 0.5) is 26.3 Å². The summed E-state index contributed by atoms with van der Waals surface area (Å²) < 4.78 is 96.8. The SMILES string of the molecule is O=C(O)CCCn1ncc2c(-c3noc(-c4ccc(-c5ccccc5)c(C(F)(F)F)c4)n3)cccc21.O=C(O)CCCn1ncc2c(-c3noc(-c4ccc(OC(F)(F)F)c(Cl)c4)n3)cccc21. The molecule has 9 rings (SSSR count). The molecular weight excluding hydrogens is 926 g/mol. The molecule has 5 aromatic carbocycles. The lowest BCUT2D eigenvalue weighted by Crippen LogP contribution is -2.17. The molecule has 0 aliphatic rings. The molecule has 0 unspecified atom stereocenters. The summed E-state index contributed by atoms with van der Waals surface area (Å²) in [6, 6.07) is 26.7. The van der Waals surface area contributed by atoms with Crippen LogP contribution in [0.2, 0.25) is 5.02 Å². The quantitative estimate of drug-likeness (QED) is 0.0977. The summed E-state index contributed by atoms with van der Waals surface area (Å²) >= 11 is 5.89. The number of carboxylic acids is 2. The zero-order valence-electron chi connectivity index (χ0n) is 34.9. The number of hydrogen-bond acceptors (Lipinski definition) is 11. The highest BCUT2D eigenvalue weighted by atomic mass is 35.5. The summed E-state index contributed by atoms with van der Waals surface area (Å²) in [6.07, 6.45) is -5.28. The standard InChI is InChI=1S/C26H19F3N4O3.C20H14ClF3N4O4/c27-26(28,29)21-14-17(11-12-18(21)16-6-2-1-3-7-16)25-31-24(32-36-25)19-8-4-9-22-20(19)15-30-33(22)13-5-10-23(34)35;21-14-9-11(6-7-16(14)31-20(22,23)24)19-26-18(27-32-19)12-3-1-4-15-13(12)10-25-28(15)8-2-5-17(29)30/h1-4,6-9,11-12,14-15H,5,10,13H2,(H,34,35);1,3-4,6-7,9-10H,2,5,8H2,(H,29,30). The van der Waals surface area contributed by atoms with E-state index in [1.54, 1.807) is 76.4 Å². The van der Waals surface area contributed by atoms with Crippen molar-refractivity contribution in [1.29, 1.82) is 0 Å². The molecule has 22 heteroatoms. The van der Waals surface area contributed by atoms with Crippen LogP contribution in [0.15, 0.2) is 125 Å². The lowest BCUT2D eigenvalue weighted by atomic mass is 9.97. The van der Waals surface area contributed by atoms with Gasteiger partial charge in [-0.25, -0.2) is 0 Å². The molecule has 0 saturated carbocycles. The van der Waals surface area contributed by atoms with E-state index >= 15 is 0 Å². The monoisotopic (exact) mass is 958 g/mol. The van der Waals surface area contributed by atoms with E-state index in [4.69, 9.17) is 30.9 Å². The van der Waals surface area contributed by atoms with Gasteiger partial charge in [-0.1, -0.05) is 82.6 Å². The van der Waals surface area contributed by atoms with E-state index in [1.165, 1.54) is 24.3 Å². The third kappa shape index (κ3) is 10.6. The third-order valence-corrected chi connectivity index (χ3v) is 10.6. The molecule has 0 bridgehead atoms. The van der Waals surface area contributed by atoms with Crippen LogP contribution in [0.5, 0.6) is 5.75 Å². The van der Waals surface area contributed by atoms with Gasteiger partial charge in [0.05, 0.1) is 34.0 Å². The summed E-state index contributed by atoms with van der Waals surface area (Å²) in [6.45, 7) is 0.853. The lowest BCUT2D eigenvalue weighted by molar-refractivity contribution is -0.274. The van der Waals surface area contributed by atoms with Crippen LogP contribution in [-0.2, 0) is 28.9 Å². The summed E-state index contributed by atoms with van der Waals surface area (Å²) in [5.74, 6) is -1.81. The number of halogens is 7. The predicted octanol–water partition coefficient (Wildman–Crippen LogP) is 11.5. The molecule has 4 heterocycles. The lowest BCUT2D eigenvalue weighted by Gasteiger charge is -2.14. The smallest absolute Gasteiger partial charge is 0.481 e. The fourth-order valence-corrected chi connectivity index (χ4v) is 7.46. The third-order valence-electron chi connectivity index (χ3n) is 10.3. The Kier molecular flexibility index (Phi) is 13.3. The molecule has 0 aliphatic carbocycles. The Bertz CT molecular complexity index is 3260. The van der Waals surface area contributed by atoms with E-state index in [0.717, 1.165) is 33.9 Å². The van der Waals surface area contributed by atoms with Gasteiger partial charge in [-0.05, 0) is 66.4 Å². The molecular formula is C46H33ClF6N8O7. The topological polar surface area (TPSA) is 197 Å².